The van der Waals surface area contributed by atoms with E-state index in [0.29, 0.717) is 10.6 Å². The van der Waals surface area contributed by atoms with Crippen molar-refractivity contribution < 1.29 is 8.42 Å². The van der Waals surface area contributed by atoms with E-state index >= 15 is 0 Å². The minimum absolute atomic E-state index is 0.0609. The van der Waals surface area contributed by atoms with Crippen LogP contribution >= 0.6 is 11.6 Å². The summed E-state index contributed by atoms with van der Waals surface area (Å²) in [6.45, 7) is 8.31. The molecule has 1 atom stereocenters. The lowest BCUT2D eigenvalue weighted by atomic mass is 9.86. The summed E-state index contributed by atoms with van der Waals surface area (Å²) in [6.07, 6.45) is 0. The Morgan fingerprint density at radius 3 is 2.04 bits per heavy atom. The molecule has 3 nitrogen and oxygen atoms in total. The second kappa shape index (κ2) is 7.26. The molecular formula is C19H24ClNO2S. The SMILES string of the molecule is C[C@H](NS(=O)(=O)Cc1ccc(Cl)cc1)c1ccc(C(C)(C)C)cc1. The molecule has 0 spiro atoms. The minimum atomic E-state index is -3.43. The van der Waals surface area contributed by atoms with Crippen molar-refractivity contribution in [2.75, 3.05) is 0 Å². The van der Waals surface area contributed by atoms with Gasteiger partial charge < -0.3 is 0 Å². The Hall–Kier alpha value is -1.36. The fraction of sp³-hybridized carbons (Fsp3) is 0.368. The zero-order chi connectivity index (χ0) is 18.0. The Balaban J connectivity index is 2.07. The highest BCUT2D eigenvalue weighted by atomic mass is 35.5. The molecule has 0 fully saturated rings. The molecule has 0 radical (unpaired) electrons. The number of nitrogens with one attached hydrogen (secondary N) is 1. The van der Waals surface area contributed by atoms with Crippen LogP contribution in [0.15, 0.2) is 48.5 Å². The first kappa shape index (κ1) is 19.0. The summed E-state index contributed by atoms with van der Waals surface area (Å²) in [5.74, 6) is -0.0609. The second-order valence-corrected chi connectivity index (χ2v) is 9.29. The number of hydrogen-bond acceptors (Lipinski definition) is 2. The van der Waals surface area contributed by atoms with Gasteiger partial charge in [-0.2, -0.15) is 0 Å². The Bertz CT molecular complexity index is 776. The third kappa shape index (κ3) is 5.33. The van der Waals surface area contributed by atoms with Gasteiger partial charge in [-0.05, 0) is 41.2 Å². The van der Waals surface area contributed by atoms with Crippen molar-refractivity contribution in [2.24, 2.45) is 0 Å². The van der Waals surface area contributed by atoms with Gasteiger partial charge in [-0.1, -0.05) is 68.8 Å². The number of hydrogen-bond donors (Lipinski definition) is 1. The van der Waals surface area contributed by atoms with Gasteiger partial charge >= 0.3 is 0 Å². The standard InChI is InChI=1S/C19H24ClNO2S/c1-14(16-7-9-17(10-8-16)19(2,3)4)21-24(22,23)13-15-5-11-18(20)12-6-15/h5-12,14,21H,13H2,1-4H3/t14-/m0/s1. The molecule has 2 rings (SSSR count). The van der Waals surface area contributed by atoms with E-state index in [2.05, 4.69) is 37.6 Å². The summed E-state index contributed by atoms with van der Waals surface area (Å²) in [7, 11) is -3.43. The molecule has 0 amide bonds. The Morgan fingerprint density at radius 1 is 1.00 bits per heavy atom. The zero-order valence-electron chi connectivity index (χ0n) is 14.5. The Kier molecular flexibility index (Phi) is 5.74. The molecular weight excluding hydrogens is 342 g/mol. The molecule has 130 valence electrons. The van der Waals surface area contributed by atoms with Crippen LogP contribution in [0, 0.1) is 0 Å². The summed E-state index contributed by atoms with van der Waals surface area (Å²) in [4.78, 5) is 0. The first-order valence-electron chi connectivity index (χ1n) is 7.92. The Morgan fingerprint density at radius 2 is 1.54 bits per heavy atom. The van der Waals surface area contributed by atoms with E-state index < -0.39 is 10.0 Å². The van der Waals surface area contributed by atoms with Gasteiger partial charge in [0.2, 0.25) is 10.0 Å². The zero-order valence-corrected chi connectivity index (χ0v) is 16.1. The molecule has 0 saturated heterocycles. The van der Waals surface area contributed by atoms with Crippen LogP contribution in [0.4, 0.5) is 0 Å². The second-order valence-electron chi connectivity index (χ2n) is 7.10. The van der Waals surface area contributed by atoms with E-state index in [1.165, 1.54) is 5.56 Å². The first-order chi connectivity index (χ1) is 11.1. The van der Waals surface area contributed by atoms with Gasteiger partial charge in [0.05, 0.1) is 5.75 Å². The average Bonchev–Trinajstić information content (AvgIpc) is 2.48. The molecule has 0 unspecified atom stereocenters. The predicted molar refractivity (Wildman–Crippen MR) is 101 cm³/mol. The van der Waals surface area contributed by atoms with Crippen molar-refractivity contribution in [1.82, 2.24) is 4.72 Å². The van der Waals surface area contributed by atoms with Crippen molar-refractivity contribution in [1.29, 1.82) is 0 Å². The summed E-state index contributed by atoms with van der Waals surface area (Å²) in [5.41, 5.74) is 2.96. The molecule has 0 aliphatic rings. The van der Waals surface area contributed by atoms with Crippen molar-refractivity contribution in [2.45, 2.75) is 44.9 Å². The van der Waals surface area contributed by atoms with E-state index in [4.69, 9.17) is 11.6 Å². The molecule has 2 aromatic carbocycles. The van der Waals surface area contributed by atoms with Gasteiger partial charge in [-0.25, -0.2) is 13.1 Å². The van der Waals surface area contributed by atoms with Crippen molar-refractivity contribution in [3.8, 4) is 0 Å². The predicted octanol–water partition coefficient (Wildman–Crippen LogP) is 4.82. The van der Waals surface area contributed by atoms with Crippen molar-refractivity contribution in [3.63, 3.8) is 0 Å². The number of rotatable bonds is 5. The number of benzene rings is 2. The van der Waals surface area contributed by atoms with E-state index in [1.807, 2.05) is 19.1 Å². The smallest absolute Gasteiger partial charge is 0.212 e. The summed E-state index contributed by atoms with van der Waals surface area (Å²) >= 11 is 5.83. The average molecular weight is 366 g/mol. The molecule has 0 aliphatic carbocycles. The summed E-state index contributed by atoms with van der Waals surface area (Å²) in [5, 5.41) is 0.594. The topological polar surface area (TPSA) is 46.2 Å². The summed E-state index contributed by atoms with van der Waals surface area (Å²) in [6, 6.07) is 14.6. The quantitative estimate of drug-likeness (QED) is 0.825. The van der Waals surface area contributed by atoms with Crippen LogP contribution in [-0.2, 0) is 21.2 Å². The molecule has 2 aromatic rings. The largest absolute Gasteiger partial charge is 0.216 e. The maximum Gasteiger partial charge on any atom is 0.216 e. The van der Waals surface area contributed by atoms with Crippen molar-refractivity contribution >= 4 is 21.6 Å². The maximum absolute atomic E-state index is 12.4. The molecule has 0 saturated carbocycles. The molecule has 0 heterocycles. The highest BCUT2D eigenvalue weighted by Crippen LogP contribution is 2.24. The van der Waals surface area contributed by atoms with Gasteiger partial charge in [-0.15, -0.1) is 0 Å². The lowest BCUT2D eigenvalue weighted by Crippen LogP contribution is -2.28. The van der Waals surface area contributed by atoms with Gasteiger partial charge in [-0.3, -0.25) is 0 Å². The van der Waals surface area contributed by atoms with Crippen LogP contribution in [0.1, 0.15) is 50.4 Å². The Labute approximate surface area is 150 Å². The number of sulfonamides is 1. The van der Waals surface area contributed by atoms with Crippen LogP contribution in [0.3, 0.4) is 0 Å². The third-order valence-electron chi connectivity index (χ3n) is 3.90. The lowest BCUT2D eigenvalue weighted by molar-refractivity contribution is 0.565. The van der Waals surface area contributed by atoms with E-state index in [9.17, 15) is 8.42 Å². The van der Waals surface area contributed by atoms with E-state index in [1.54, 1.807) is 24.3 Å². The molecule has 0 aromatic heterocycles. The maximum atomic E-state index is 12.4. The first-order valence-corrected chi connectivity index (χ1v) is 9.95. The van der Waals surface area contributed by atoms with Crippen LogP contribution in [0.25, 0.3) is 0 Å². The fourth-order valence-electron chi connectivity index (χ4n) is 2.45. The van der Waals surface area contributed by atoms with Crippen LogP contribution in [-0.4, -0.2) is 8.42 Å². The lowest BCUT2D eigenvalue weighted by Gasteiger charge is -2.20. The van der Waals surface area contributed by atoms with Gasteiger partial charge in [0.15, 0.2) is 0 Å². The normalized spacial score (nSPS) is 13.7. The molecule has 24 heavy (non-hydrogen) atoms. The van der Waals surface area contributed by atoms with E-state index in [-0.39, 0.29) is 17.2 Å². The summed E-state index contributed by atoms with van der Waals surface area (Å²) < 4.78 is 27.4. The molecule has 0 bridgehead atoms. The number of halogens is 1. The van der Waals surface area contributed by atoms with Gasteiger partial charge in [0.25, 0.3) is 0 Å². The highest BCUT2D eigenvalue weighted by Gasteiger charge is 2.18. The van der Waals surface area contributed by atoms with Gasteiger partial charge in [0, 0.05) is 11.1 Å². The highest BCUT2D eigenvalue weighted by molar-refractivity contribution is 7.88. The molecule has 5 heteroatoms. The monoisotopic (exact) mass is 365 g/mol. The van der Waals surface area contributed by atoms with Crippen LogP contribution < -0.4 is 4.72 Å². The fourth-order valence-corrected chi connectivity index (χ4v) is 3.97. The van der Waals surface area contributed by atoms with Crippen LogP contribution in [0.5, 0.6) is 0 Å². The van der Waals surface area contributed by atoms with Gasteiger partial charge in [0.1, 0.15) is 0 Å². The van der Waals surface area contributed by atoms with Crippen molar-refractivity contribution in [3.05, 3.63) is 70.2 Å². The van der Waals surface area contributed by atoms with Crippen LogP contribution in [0.2, 0.25) is 5.02 Å². The van der Waals surface area contributed by atoms with E-state index in [0.717, 1.165) is 5.56 Å². The molecule has 1 N–H and O–H groups in total. The third-order valence-corrected chi connectivity index (χ3v) is 5.58. The molecule has 0 aliphatic heterocycles. The minimum Gasteiger partial charge on any atom is -0.212 e.